The van der Waals surface area contributed by atoms with Gasteiger partial charge in [0.15, 0.2) is 6.61 Å². The Balaban J connectivity index is 1.35. The lowest BCUT2D eigenvalue weighted by Gasteiger charge is -2.23. The summed E-state index contributed by atoms with van der Waals surface area (Å²) in [4.78, 5) is 24.7. The van der Waals surface area contributed by atoms with Crippen molar-refractivity contribution in [1.82, 2.24) is 5.43 Å². The first-order valence-electron chi connectivity index (χ1n) is 12.5. The monoisotopic (exact) mass is 574 g/mol. The molecule has 2 N–H and O–H groups in total. The topological polar surface area (TPSA) is 117 Å². The molecule has 0 saturated carbocycles. The predicted octanol–water partition coefficient (Wildman–Crippen LogP) is 4.50. The molecular formula is C30H27FN4O5S. The normalized spacial score (nSPS) is 11.2. The molecule has 4 rings (SSSR count). The first-order chi connectivity index (χ1) is 19.7. The quantitative estimate of drug-likeness (QED) is 0.202. The number of hydrazone groups is 1. The second-order valence-corrected chi connectivity index (χ2v) is 10.7. The van der Waals surface area contributed by atoms with Gasteiger partial charge in [0.25, 0.3) is 21.8 Å². The van der Waals surface area contributed by atoms with Crippen molar-refractivity contribution in [3.05, 3.63) is 120 Å². The van der Waals surface area contributed by atoms with Gasteiger partial charge in [-0.05, 0) is 85.3 Å². The third kappa shape index (κ3) is 8.23. The van der Waals surface area contributed by atoms with Crippen LogP contribution in [0.25, 0.3) is 0 Å². The van der Waals surface area contributed by atoms with Crippen molar-refractivity contribution < 1.29 is 27.1 Å². The number of hydrogen-bond donors (Lipinski definition) is 2. The minimum atomic E-state index is -4.13. The fourth-order valence-corrected chi connectivity index (χ4v) is 5.04. The van der Waals surface area contributed by atoms with Crippen molar-refractivity contribution in [2.45, 2.75) is 11.8 Å². The molecule has 0 bridgehead atoms. The minimum Gasteiger partial charge on any atom is -0.484 e. The van der Waals surface area contributed by atoms with Crippen LogP contribution in [0, 0.1) is 12.7 Å². The summed E-state index contributed by atoms with van der Waals surface area (Å²) in [7, 11) is -4.13. The zero-order valence-corrected chi connectivity index (χ0v) is 22.8. The smallest absolute Gasteiger partial charge is 0.264 e. The number of hydrogen-bond acceptors (Lipinski definition) is 6. The lowest BCUT2D eigenvalue weighted by Crippen LogP contribution is -2.39. The summed E-state index contributed by atoms with van der Waals surface area (Å²) >= 11 is 0. The molecule has 0 saturated heterocycles. The van der Waals surface area contributed by atoms with Crippen molar-refractivity contribution in [2.75, 3.05) is 22.8 Å². The number of carbonyl (C=O) groups excluding carboxylic acids is 2. The molecule has 0 radical (unpaired) electrons. The summed E-state index contributed by atoms with van der Waals surface area (Å²) in [5, 5.41) is 6.63. The molecule has 11 heteroatoms. The second-order valence-electron chi connectivity index (χ2n) is 8.87. The Morgan fingerprint density at radius 3 is 2.20 bits per heavy atom. The number of benzene rings is 4. The van der Waals surface area contributed by atoms with Crippen molar-refractivity contribution in [3.8, 4) is 5.75 Å². The highest BCUT2D eigenvalue weighted by molar-refractivity contribution is 7.92. The number of halogens is 1. The first-order valence-corrected chi connectivity index (χ1v) is 13.9. The van der Waals surface area contributed by atoms with E-state index in [0.29, 0.717) is 17.0 Å². The van der Waals surface area contributed by atoms with E-state index in [4.69, 9.17) is 4.74 Å². The van der Waals surface area contributed by atoms with Crippen LogP contribution in [0.2, 0.25) is 0 Å². The van der Waals surface area contributed by atoms with E-state index in [1.807, 2.05) is 25.1 Å². The highest BCUT2D eigenvalue weighted by Gasteiger charge is 2.27. The number of rotatable bonds is 11. The maximum atomic E-state index is 13.5. The lowest BCUT2D eigenvalue weighted by atomic mass is 10.2. The van der Waals surface area contributed by atoms with Gasteiger partial charge in [-0.25, -0.2) is 18.2 Å². The van der Waals surface area contributed by atoms with Gasteiger partial charge in [0.05, 0.1) is 16.8 Å². The molecular weight excluding hydrogens is 547 g/mol. The number of para-hydroxylation sites is 1. The number of nitrogens with one attached hydrogen (secondary N) is 2. The summed E-state index contributed by atoms with van der Waals surface area (Å²) in [5.74, 6) is -1.08. The average Bonchev–Trinajstić information content (AvgIpc) is 2.97. The summed E-state index contributed by atoms with van der Waals surface area (Å²) in [6, 6.07) is 26.6. The van der Waals surface area contributed by atoms with E-state index in [0.717, 1.165) is 22.0 Å². The fraction of sp³-hybridized carbons (Fsp3) is 0.100. The minimum absolute atomic E-state index is 0.0106. The third-order valence-corrected chi connectivity index (χ3v) is 7.51. The van der Waals surface area contributed by atoms with Crippen LogP contribution in [0.15, 0.2) is 113 Å². The molecule has 0 aliphatic heterocycles. The molecule has 41 heavy (non-hydrogen) atoms. The van der Waals surface area contributed by atoms with Crippen molar-refractivity contribution in [1.29, 1.82) is 0 Å². The Morgan fingerprint density at radius 2 is 1.54 bits per heavy atom. The van der Waals surface area contributed by atoms with Crippen LogP contribution in [-0.2, 0) is 19.6 Å². The largest absolute Gasteiger partial charge is 0.484 e. The number of sulfonamides is 1. The highest BCUT2D eigenvalue weighted by Crippen LogP contribution is 2.24. The van der Waals surface area contributed by atoms with Crippen LogP contribution >= 0.6 is 0 Å². The van der Waals surface area contributed by atoms with E-state index < -0.39 is 28.3 Å². The van der Waals surface area contributed by atoms with E-state index in [1.165, 1.54) is 30.5 Å². The van der Waals surface area contributed by atoms with Crippen LogP contribution in [0.5, 0.6) is 5.75 Å². The zero-order chi connectivity index (χ0) is 29.2. The van der Waals surface area contributed by atoms with Gasteiger partial charge in [-0.15, -0.1) is 0 Å². The molecule has 0 atom stereocenters. The number of anilines is 2. The molecule has 4 aromatic rings. The maximum absolute atomic E-state index is 13.5. The van der Waals surface area contributed by atoms with Gasteiger partial charge in [-0.3, -0.25) is 13.9 Å². The van der Waals surface area contributed by atoms with Gasteiger partial charge < -0.3 is 10.1 Å². The zero-order valence-electron chi connectivity index (χ0n) is 22.0. The van der Waals surface area contributed by atoms with Crippen molar-refractivity contribution >= 4 is 39.4 Å². The summed E-state index contributed by atoms with van der Waals surface area (Å²) < 4.78 is 46.6. The molecule has 0 aliphatic rings. The van der Waals surface area contributed by atoms with Gasteiger partial charge in [-0.2, -0.15) is 5.10 Å². The van der Waals surface area contributed by atoms with Gasteiger partial charge in [0, 0.05) is 5.69 Å². The summed E-state index contributed by atoms with van der Waals surface area (Å²) in [6.45, 7) is 1.07. The van der Waals surface area contributed by atoms with Gasteiger partial charge in [0.2, 0.25) is 0 Å². The molecule has 0 heterocycles. The van der Waals surface area contributed by atoms with E-state index in [1.54, 1.807) is 48.5 Å². The Kier molecular flexibility index (Phi) is 9.43. The van der Waals surface area contributed by atoms with Crippen LogP contribution in [0.1, 0.15) is 11.1 Å². The number of carbonyl (C=O) groups is 2. The van der Waals surface area contributed by atoms with Crippen LogP contribution in [-0.4, -0.2) is 39.6 Å². The molecule has 4 aromatic carbocycles. The Labute approximate surface area is 237 Å². The Morgan fingerprint density at radius 1 is 0.878 bits per heavy atom. The summed E-state index contributed by atoms with van der Waals surface area (Å²) in [5.41, 5.74) is 4.61. The molecule has 0 aromatic heterocycles. The van der Waals surface area contributed by atoms with Crippen LogP contribution < -0.4 is 19.8 Å². The van der Waals surface area contributed by atoms with E-state index >= 15 is 0 Å². The number of ether oxygens (including phenoxy) is 1. The standard InChI is InChI=1S/C30H27FN4O5S/c1-22-7-17-28(18-8-22)41(38,39)35(26-13-11-24(31)12-14-26)20-29(36)34-32-19-23-9-15-27(16-10-23)40-21-30(37)33-25-5-3-2-4-6-25/h2-19H,20-21H2,1H3,(H,33,37)(H,34,36)/b32-19-. The highest BCUT2D eigenvalue weighted by atomic mass is 32.2. The van der Waals surface area contributed by atoms with E-state index in [2.05, 4.69) is 15.8 Å². The molecule has 210 valence electrons. The fourth-order valence-electron chi connectivity index (χ4n) is 3.62. The predicted molar refractivity (Wildman–Crippen MR) is 155 cm³/mol. The Bertz CT molecular complexity index is 1610. The number of amides is 2. The molecule has 0 aliphatic carbocycles. The molecule has 0 fully saturated rings. The maximum Gasteiger partial charge on any atom is 0.264 e. The molecule has 2 amide bonds. The number of aryl methyl sites for hydroxylation is 1. The van der Waals surface area contributed by atoms with Gasteiger partial charge in [0.1, 0.15) is 18.1 Å². The van der Waals surface area contributed by atoms with E-state index in [9.17, 15) is 22.4 Å². The first kappa shape index (κ1) is 29.0. The third-order valence-electron chi connectivity index (χ3n) is 5.72. The molecule has 0 unspecified atom stereocenters. The van der Waals surface area contributed by atoms with Crippen LogP contribution in [0.4, 0.5) is 15.8 Å². The second kappa shape index (κ2) is 13.4. The summed E-state index contributed by atoms with van der Waals surface area (Å²) in [6.07, 6.45) is 1.38. The Hall–Kier alpha value is -5.03. The van der Waals surface area contributed by atoms with E-state index in [-0.39, 0.29) is 23.1 Å². The van der Waals surface area contributed by atoms with Crippen LogP contribution in [0.3, 0.4) is 0 Å². The average molecular weight is 575 g/mol. The molecule has 9 nitrogen and oxygen atoms in total. The van der Waals surface area contributed by atoms with Crippen molar-refractivity contribution in [3.63, 3.8) is 0 Å². The van der Waals surface area contributed by atoms with Crippen molar-refractivity contribution in [2.24, 2.45) is 5.10 Å². The van der Waals surface area contributed by atoms with Gasteiger partial charge in [-0.1, -0.05) is 35.9 Å². The lowest BCUT2D eigenvalue weighted by molar-refractivity contribution is -0.119. The van der Waals surface area contributed by atoms with Gasteiger partial charge >= 0.3 is 0 Å². The SMILES string of the molecule is Cc1ccc(S(=O)(=O)N(CC(=O)N/N=C\c2ccc(OCC(=O)Nc3ccccc3)cc2)c2ccc(F)cc2)cc1. The number of nitrogens with zero attached hydrogens (tertiary/aromatic N) is 2. The molecule has 0 spiro atoms.